The lowest BCUT2D eigenvalue weighted by molar-refractivity contribution is -0.384. The molecule has 1 saturated heterocycles. The number of alkyl halides is 3. The Morgan fingerprint density at radius 1 is 1.04 bits per heavy atom. The fourth-order valence-electron chi connectivity index (χ4n) is 2.94. The summed E-state index contributed by atoms with van der Waals surface area (Å²) in [5.74, 6) is -0.208. The van der Waals surface area contributed by atoms with Crippen LogP contribution in [0.4, 0.5) is 24.5 Å². The van der Waals surface area contributed by atoms with Crippen LogP contribution < -0.4 is 9.64 Å². The van der Waals surface area contributed by atoms with Gasteiger partial charge in [0.25, 0.3) is 5.69 Å². The first kappa shape index (κ1) is 17.1. The van der Waals surface area contributed by atoms with Gasteiger partial charge in [-0.3, -0.25) is 10.1 Å². The molecule has 2 aromatic carbocycles. The molecular formula is C17H15F3N2O3. The van der Waals surface area contributed by atoms with Crippen LogP contribution in [0.2, 0.25) is 0 Å². The highest BCUT2D eigenvalue weighted by Crippen LogP contribution is 2.48. The van der Waals surface area contributed by atoms with E-state index >= 15 is 0 Å². The Labute approximate surface area is 141 Å². The summed E-state index contributed by atoms with van der Waals surface area (Å²) in [7, 11) is 0. The van der Waals surface area contributed by atoms with Crippen LogP contribution in [0.1, 0.15) is 18.4 Å². The first-order valence-corrected chi connectivity index (χ1v) is 7.74. The van der Waals surface area contributed by atoms with E-state index in [9.17, 15) is 23.3 Å². The van der Waals surface area contributed by atoms with Gasteiger partial charge >= 0.3 is 6.18 Å². The number of benzene rings is 2. The van der Waals surface area contributed by atoms with Crippen LogP contribution in [0.15, 0.2) is 42.5 Å². The number of halogens is 3. The van der Waals surface area contributed by atoms with E-state index in [-0.39, 0.29) is 5.75 Å². The summed E-state index contributed by atoms with van der Waals surface area (Å²) in [5, 5.41) is 11.3. The van der Waals surface area contributed by atoms with Crippen molar-refractivity contribution in [2.45, 2.75) is 19.0 Å². The molecule has 0 radical (unpaired) electrons. The summed E-state index contributed by atoms with van der Waals surface area (Å²) < 4.78 is 46.7. The third-order valence-electron chi connectivity index (χ3n) is 3.99. The molecule has 1 aliphatic heterocycles. The summed E-state index contributed by atoms with van der Waals surface area (Å²) in [6.07, 6.45) is -3.40. The number of nitro groups is 1. The van der Waals surface area contributed by atoms with Gasteiger partial charge in [-0.2, -0.15) is 13.2 Å². The third-order valence-corrected chi connectivity index (χ3v) is 3.99. The molecule has 3 rings (SSSR count). The van der Waals surface area contributed by atoms with Crippen LogP contribution in [0, 0.1) is 10.1 Å². The van der Waals surface area contributed by atoms with Gasteiger partial charge in [0, 0.05) is 19.2 Å². The SMILES string of the molecule is O=[N+]([O-])c1ccc(Oc2ccccc2)c(C(F)(F)F)c1N1CCCC1. The molecule has 0 bridgehead atoms. The molecule has 1 fully saturated rings. The Bertz CT molecular complexity index is 773. The smallest absolute Gasteiger partial charge is 0.422 e. The topological polar surface area (TPSA) is 55.6 Å². The molecule has 0 saturated carbocycles. The third kappa shape index (κ3) is 3.52. The van der Waals surface area contributed by atoms with Gasteiger partial charge in [-0.15, -0.1) is 0 Å². The van der Waals surface area contributed by atoms with Gasteiger partial charge in [-0.1, -0.05) is 18.2 Å². The summed E-state index contributed by atoms with van der Waals surface area (Å²) >= 11 is 0. The molecule has 0 spiro atoms. The Morgan fingerprint density at radius 2 is 1.68 bits per heavy atom. The molecule has 0 aliphatic carbocycles. The number of para-hydroxylation sites is 1. The summed E-state index contributed by atoms with van der Waals surface area (Å²) in [5.41, 5.74) is -2.08. The molecule has 0 amide bonds. The van der Waals surface area contributed by atoms with Crippen molar-refractivity contribution in [2.24, 2.45) is 0 Å². The zero-order valence-electron chi connectivity index (χ0n) is 13.1. The van der Waals surface area contributed by atoms with E-state index in [1.165, 1.54) is 17.0 Å². The van der Waals surface area contributed by atoms with E-state index in [0.717, 1.165) is 12.1 Å². The lowest BCUT2D eigenvalue weighted by Gasteiger charge is -2.24. The Hall–Kier alpha value is -2.77. The Balaban J connectivity index is 2.18. The zero-order chi connectivity index (χ0) is 18.0. The van der Waals surface area contributed by atoms with Gasteiger partial charge in [-0.25, -0.2) is 0 Å². The minimum atomic E-state index is -4.78. The lowest BCUT2D eigenvalue weighted by atomic mass is 10.1. The molecule has 1 aliphatic rings. The van der Waals surface area contributed by atoms with Crippen molar-refractivity contribution in [3.05, 3.63) is 58.1 Å². The van der Waals surface area contributed by atoms with E-state index in [1.54, 1.807) is 18.2 Å². The van der Waals surface area contributed by atoms with E-state index in [4.69, 9.17) is 4.74 Å². The molecule has 5 nitrogen and oxygen atoms in total. The van der Waals surface area contributed by atoms with Gasteiger partial charge in [0.15, 0.2) is 0 Å². The molecule has 132 valence electrons. The van der Waals surface area contributed by atoms with Gasteiger partial charge < -0.3 is 9.64 Å². The second-order valence-corrected chi connectivity index (χ2v) is 5.67. The van der Waals surface area contributed by atoms with Crippen molar-refractivity contribution >= 4 is 11.4 Å². The van der Waals surface area contributed by atoms with Crippen molar-refractivity contribution in [3.8, 4) is 11.5 Å². The molecule has 0 unspecified atom stereocenters. The van der Waals surface area contributed by atoms with E-state index in [2.05, 4.69) is 0 Å². The first-order chi connectivity index (χ1) is 11.9. The molecule has 1 heterocycles. The summed E-state index contributed by atoms with van der Waals surface area (Å²) in [6, 6.07) is 10.1. The molecule has 8 heteroatoms. The van der Waals surface area contributed by atoms with Crippen LogP contribution in [-0.2, 0) is 6.18 Å². The standard InChI is InChI=1S/C17H15F3N2O3/c18-17(19,20)15-14(25-12-6-2-1-3-7-12)9-8-13(22(23)24)16(15)21-10-4-5-11-21/h1-3,6-9H,4-5,10-11H2. The predicted molar refractivity (Wildman–Crippen MR) is 86.1 cm³/mol. The highest BCUT2D eigenvalue weighted by Gasteiger charge is 2.43. The van der Waals surface area contributed by atoms with E-state index in [0.29, 0.717) is 25.9 Å². The molecule has 2 aromatic rings. The highest BCUT2D eigenvalue weighted by atomic mass is 19.4. The maximum Gasteiger partial charge on any atom is 0.422 e. The second kappa shape index (κ2) is 6.62. The molecule has 0 atom stereocenters. The number of ether oxygens (including phenoxy) is 1. The predicted octanol–water partition coefficient (Wildman–Crippen LogP) is 5.01. The molecule has 25 heavy (non-hydrogen) atoms. The zero-order valence-corrected chi connectivity index (χ0v) is 13.1. The van der Waals surface area contributed by atoms with Crippen LogP contribution in [-0.4, -0.2) is 18.0 Å². The minimum absolute atomic E-state index is 0.231. The number of nitrogens with zero attached hydrogens (tertiary/aromatic N) is 2. The van der Waals surface area contributed by atoms with Gasteiger partial charge in [0.05, 0.1) is 4.92 Å². The van der Waals surface area contributed by atoms with Gasteiger partial charge in [-0.05, 0) is 31.0 Å². The van der Waals surface area contributed by atoms with Crippen molar-refractivity contribution in [3.63, 3.8) is 0 Å². The fraction of sp³-hybridized carbons (Fsp3) is 0.294. The monoisotopic (exact) mass is 352 g/mol. The van der Waals surface area contributed by atoms with Gasteiger partial charge in [0.1, 0.15) is 22.7 Å². The second-order valence-electron chi connectivity index (χ2n) is 5.67. The summed E-state index contributed by atoms with van der Waals surface area (Å²) in [4.78, 5) is 11.9. The Kier molecular flexibility index (Phi) is 4.52. The van der Waals surface area contributed by atoms with Crippen LogP contribution in [0.25, 0.3) is 0 Å². The molecular weight excluding hydrogens is 337 g/mol. The van der Waals surface area contributed by atoms with Crippen molar-refractivity contribution < 1.29 is 22.8 Å². The Morgan fingerprint density at radius 3 is 2.24 bits per heavy atom. The molecule has 0 aromatic heterocycles. The van der Waals surface area contributed by atoms with E-state index < -0.39 is 33.8 Å². The van der Waals surface area contributed by atoms with E-state index in [1.807, 2.05) is 0 Å². The quantitative estimate of drug-likeness (QED) is 0.574. The van der Waals surface area contributed by atoms with Crippen LogP contribution in [0.3, 0.4) is 0 Å². The number of rotatable bonds is 4. The lowest BCUT2D eigenvalue weighted by Crippen LogP contribution is -2.24. The fourth-order valence-corrected chi connectivity index (χ4v) is 2.94. The van der Waals surface area contributed by atoms with Crippen molar-refractivity contribution in [1.29, 1.82) is 0 Å². The maximum atomic E-state index is 13.8. The highest BCUT2D eigenvalue weighted by molar-refractivity contribution is 5.73. The normalized spacial score (nSPS) is 14.6. The average Bonchev–Trinajstić information content (AvgIpc) is 3.08. The molecule has 0 N–H and O–H groups in total. The number of hydrogen-bond acceptors (Lipinski definition) is 4. The summed E-state index contributed by atoms with van der Waals surface area (Å²) in [6.45, 7) is 0.692. The van der Waals surface area contributed by atoms with Crippen molar-refractivity contribution in [2.75, 3.05) is 18.0 Å². The largest absolute Gasteiger partial charge is 0.457 e. The number of hydrogen-bond donors (Lipinski definition) is 0. The maximum absolute atomic E-state index is 13.8. The van der Waals surface area contributed by atoms with Gasteiger partial charge in [0.2, 0.25) is 0 Å². The average molecular weight is 352 g/mol. The van der Waals surface area contributed by atoms with Crippen molar-refractivity contribution in [1.82, 2.24) is 0 Å². The number of anilines is 1. The minimum Gasteiger partial charge on any atom is -0.457 e. The van der Waals surface area contributed by atoms with Crippen LogP contribution >= 0.6 is 0 Å². The number of nitro benzene ring substituents is 1. The first-order valence-electron chi connectivity index (χ1n) is 7.74. The van der Waals surface area contributed by atoms with Crippen LogP contribution in [0.5, 0.6) is 11.5 Å².